The van der Waals surface area contributed by atoms with Crippen LogP contribution in [0.3, 0.4) is 0 Å². The van der Waals surface area contributed by atoms with Gasteiger partial charge < -0.3 is 18.8 Å². The maximum absolute atomic E-state index is 12.8. The highest BCUT2D eigenvalue weighted by Crippen LogP contribution is 2.17. The number of hydrogen-bond donors (Lipinski definition) is 1. The van der Waals surface area contributed by atoms with Crippen molar-refractivity contribution in [3.63, 3.8) is 0 Å². The molecule has 0 saturated carbocycles. The number of amides is 2. The molecule has 0 aliphatic heterocycles. The molecule has 7 nitrogen and oxygen atoms in total. The van der Waals surface area contributed by atoms with Crippen molar-refractivity contribution in [3.05, 3.63) is 89.9 Å². The van der Waals surface area contributed by atoms with Gasteiger partial charge in [-0.15, -0.1) is 0 Å². The first kappa shape index (κ1) is 21.4. The van der Waals surface area contributed by atoms with Crippen molar-refractivity contribution >= 4 is 16.1 Å². The average Bonchev–Trinajstić information content (AvgIpc) is 3.26. The van der Waals surface area contributed by atoms with Crippen molar-refractivity contribution in [3.8, 4) is 5.75 Å². The van der Waals surface area contributed by atoms with E-state index in [4.69, 9.17) is 8.60 Å². The molecule has 0 radical (unpaired) electrons. The van der Waals surface area contributed by atoms with Gasteiger partial charge in [0.25, 0.3) is 0 Å². The van der Waals surface area contributed by atoms with E-state index in [1.807, 2.05) is 36.4 Å². The molecular weight excluding hydrogens is 404 g/mol. The monoisotopic (exact) mass is 428 g/mol. The third-order valence-corrected chi connectivity index (χ3v) is 5.53. The van der Waals surface area contributed by atoms with Crippen molar-refractivity contribution in [1.29, 1.82) is 0 Å². The van der Waals surface area contributed by atoms with E-state index in [0.29, 0.717) is 25.4 Å². The van der Waals surface area contributed by atoms with Crippen LogP contribution in [0.5, 0.6) is 5.75 Å². The maximum Gasteiger partial charge on any atom is 0.318 e. The van der Waals surface area contributed by atoms with Crippen LogP contribution in [0.2, 0.25) is 0 Å². The van der Waals surface area contributed by atoms with Gasteiger partial charge in [0.2, 0.25) is 0 Å². The van der Waals surface area contributed by atoms with Crippen molar-refractivity contribution in [2.75, 3.05) is 5.75 Å². The van der Waals surface area contributed by atoms with Crippen LogP contribution in [0, 0.1) is 0 Å². The second-order valence-electron chi connectivity index (χ2n) is 6.65. The molecule has 3 rings (SSSR count). The molecular formula is C22H24N2O5S. The van der Waals surface area contributed by atoms with Gasteiger partial charge in [-0.1, -0.05) is 42.5 Å². The lowest BCUT2D eigenvalue weighted by Gasteiger charge is -2.22. The lowest BCUT2D eigenvalue weighted by atomic mass is 10.2. The Labute approximate surface area is 176 Å². The summed E-state index contributed by atoms with van der Waals surface area (Å²) in [6.07, 6.45) is 1.57. The smallest absolute Gasteiger partial charge is 0.318 e. The Kier molecular flexibility index (Phi) is 7.13. The fraction of sp³-hybridized carbons (Fsp3) is 0.227. The Morgan fingerprint density at radius 2 is 1.70 bits per heavy atom. The van der Waals surface area contributed by atoms with Crippen molar-refractivity contribution in [2.45, 2.75) is 26.6 Å². The molecule has 0 aliphatic rings. The zero-order valence-corrected chi connectivity index (χ0v) is 17.5. The largest absolute Gasteiger partial charge is 0.467 e. The van der Waals surface area contributed by atoms with Crippen LogP contribution in [-0.2, 0) is 29.8 Å². The van der Waals surface area contributed by atoms with Gasteiger partial charge in [0.15, 0.2) is 0 Å². The molecule has 0 fully saturated rings. The van der Waals surface area contributed by atoms with Crippen molar-refractivity contribution in [1.82, 2.24) is 10.2 Å². The minimum absolute atomic E-state index is 0.104. The molecule has 2 amide bonds. The normalized spacial score (nSPS) is 11.1. The van der Waals surface area contributed by atoms with Crippen molar-refractivity contribution in [2.24, 2.45) is 0 Å². The van der Waals surface area contributed by atoms with Gasteiger partial charge in [-0.2, -0.15) is 8.42 Å². The number of carbonyl (C=O) groups is 1. The molecule has 0 spiro atoms. The van der Waals surface area contributed by atoms with Gasteiger partial charge in [-0.05, 0) is 42.3 Å². The molecule has 2 aromatic carbocycles. The Hall–Kier alpha value is -3.26. The van der Waals surface area contributed by atoms with E-state index in [2.05, 4.69) is 5.32 Å². The highest BCUT2D eigenvalue weighted by molar-refractivity contribution is 7.87. The van der Waals surface area contributed by atoms with Gasteiger partial charge >= 0.3 is 16.1 Å². The van der Waals surface area contributed by atoms with Crippen LogP contribution in [0.4, 0.5) is 4.79 Å². The summed E-state index contributed by atoms with van der Waals surface area (Å²) < 4.78 is 33.6. The summed E-state index contributed by atoms with van der Waals surface area (Å²) in [7, 11) is -3.58. The number of furan rings is 1. The summed E-state index contributed by atoms with van der Waals surface area (Å²) in [5, 5.41) is 2.92. The molecule has 0 aliphatic carbocycles. The molecule has 3 aromatic rings. The maximum atomic E-state index is 12.8. The van der Waals surface area contributed by atoms with Gasteiger partial charge in [-0.3, -0.25) is 0 Å². The molecule has 8 heteroatoms. The van der Waals surface area contributed by atoms with Crippen LogP contribution < -0.4 is 9.50 Å². The molecule has 0 bridgehead atoms. The van der Waals surface area contributed by atoms with E-state index >= 15 is 0 Å². The Balaban J connectivity index is 1.68. The minimum Gasteiger partial charge on any atom is -0.467 e. The van der Waals surface area contributed by atoms with E-state index < -0.39 is 10.1 Å². The number of nitrogens with one attached hydrogen (secondary N) is 1. The van der Waals surface area contributed by atoms with E-state index in [1.54, 1.807) is 41.5 Å². The van der Waals surface area contributed by atoms with Gasteiger partial charge in [-0.25, -0.2) is 4.79 Å². The number of benzene rings is 2. The average molecular weight is 429 g/mol. The minimum atomic E-state index is -3.58. The van der Waals surface area contributed by atoms with Crippen LogP contribution in [0.25, 0.3) is 0 Å². The van der Waals surface area contributed by atoms with Crippen LogP contribution in [-0.4, -0.2) is 25.1 Å². The molecule has 0 unspecified atom stereocenters. The number of rotatable bonds is 9. The topological polar surface area (TPSA) is 88.9 Å². The van der Waals surface area contributed by atoms with Gasteiger partial charge in [0, 0.05) is 13.1 Å². The van der Waals surface area contributed by atoms with Crippen LogP contribution in [0.15, 0.2) is 77.4 Å². The molecule has 0 atom stereocenters. The lowest BCUT2D eigenvalue weighted by Crippen LogP contribution is -2.38. The molecule has 1 aromatic heterocycles. The third-order valence-electron chi connectivity index (χ3n) is 4.37. The van der Waals surface area contributed by atoms with Gasteiger partial charge in [0.1, 0.15) is 11.5 Å². The molecule has 0 saturated heterocycles. The highest BCUT2D eigenvalue weighted by Gasteiger charge is 2.16. The predicted octanol–water partition coefficient (Wildman–Crippen LogP) is 3.92. The van der Waals surface area contributed by atoms with E-state index in [-0.39, 0.29) is 17.5 Å². The van der Waals surface area contributed by atoms with E-state index in [1.165, 1.54) is 6.92 Å². The zero-order chi connectivity index (χ0) is 21.4. The standard InChI is InChI=1S/C22H24N2O5S/c1-2-30(26,27)29-20-12-10-19(11-13-20)16-24(17-21-9-6-14-28-21)22(25)23-15-18-7-4-3-5-8-18/h3-14H,2,15-17H2,1H3,(H,23,25). The lowest BCUT2D eigenvalue weighted by molar-refractivity contribution is 0.187. The summed E-state index contributed by atoms with van der Waals surface area (Å²) in [6.45, 7) is 2.55. The predicted molar refractivity (Wildman–Crippen MR) is 113 cm³/mol. The molecule has 1 heterocycles. The van der Waals surface area contributed by atoms with E-state index in [9.17, 15) is 13.2 Å². The zero-order valence-electron chi connectivity index (χ0n) is 16.7. The number of urea groups is 1. The molecule has 1 N–H and O–H groups in total. The van der Waals surface area contributed by atoms with Crippen LogP contribution >= 0.6 is 0 Å². The SMILES string of the molecule is CCS(=O)(=O)Oc1ccc(CN(Cc2ccco2)C(=O)NCc2ccccc2)cc1. The second-order valence-corrected chi connectivity index (χ2v) is 8.51. The van der Waals surface area contributed by atoms with E-state index in [0.717, 1.165) is 11.1 Å². The number of hydrogen-bond acceptors (Lipinski definition) is 5. The fourth-order valence-electron chi connectivity index (χ4n) is 2.75. The van der Waals surface area contributed by atoms with Crippen molar-refractivity contribution < 1.29 is 21.8 Å². The van der Waals surface area contributed by atoms with Crippen LogP contribution in [0.1, 0.15) is 23.8 Å². The summed E-state index contributed by atoms with van der Waals surface area (Å²) in [5.41, 5.74) is 1.83. The highest BCUT2D eigenvalue weighted by atomic mass is 32.2. The second kappa shape index (κ2) is 9.98. The number of nitrogens with zero attached hydrogens (tertiary/aromatic N) is 1. The Morgan fingerprint density at radius 3 is 2.33 bits per heavy atom. The fourth-order valence-corrected chi connectivity index (χ4v) is 3.27. The first-order valence-electron chi connectivity index (χ1n) is 9.55. The molecule has 158 valence electrons. The summed E-state index contributed by atoms with van der Waals surface area (Å²) in [5.74, 6) is 0.804. The first-order chi connectivity index (χ1) is 14.4. The summed E-state index contributed by atoms with van der Waals surface area (Å²) in [6, 6.07) is 19.6. The van der Waals surface area contributed by atoms with Gasteiger partial charge in [0.05, 0.1) is 18.6 Å². The Bertz CT molecular complexity index is 1030. The number of carbonyl (C=O) groups excluding carboxylic acids is 1. The quantitative estimate of drug-likeness (QED) is 0.522. The summed E-state index contributed by atoms with van der Waals surface area (Å²) >= 11 is 0. The Morgan fingerprint density at radius 1 is 0.967 bits per heavy atom. The molecule has 30 heavy (non-hydrogen) atoms. The third kappa shape index (κ3) is 6.38. The first-order valence-corrected chi connectivity index (χ1v) is 11.1. The summed E-state index contributed by atoms with van der Waals surface area (Å²) in [4.78, 5) is 14.4.